The van der Waals surface area contributed by atoms with Gasteiger partial charge in [0.1, 0.15) is 0 Å². The maximum absolute atomic E-state index is 13.5. The molecule has 0 saturated heterocycles. The second-order valence-electron chi connectivity index (χ2n) is 3.81. The van der Waals surface area contributed by atoms with Gasteiger partial charge in [-0.2, -0.15) is 0 Å². The smallest absolute Gasteiger partial charge is 0.167 e. The van der Waals surface area contributed by atoms with E-state index in [-0.39, 0.29) is 29.3 Å². The lowest BCUT2D eigenvalue weighted by Crippen LogP contribution is -2.23. The number of carbonyl (C=O) groups excluding carboxylic acids is 1. The van der Waals surface area contributed by atoms with Gasteiger partial charge in [0, 0.05) is 23.9 Å². The fraction of sp³-hybridized carbons (Fsp3) is 0.417. The number of carbonyl (C=O) groups is 1. The van der Waals surface area contributed by atoms with Gasteiger partial charge in [-0.1, -0.05) is 0 Å². The van der Waals surface area contributed by atoms with Crippen LogP contribution in [0.25, 0.3) is 0 Å². The number of ether oxygens (including phenoxy) is 1. The van der Waals surface area contributed by atoms with Gasteiger partial charge < -0.3 is 20.3 Å². The molecule has 0 aliphatic heterocycles. The number of halogens is 1. The highest BCUT2D eigenvalue weighted by Gasteiger charge is 2.14. The van der Waals surface area contributed by atoms with Crippen LogP contribution in [0.15, 0.2) is 12.1 Å². The lowest BCUT2D eigenvalue weighted by Gasteiger charge is -2.14. The van der Waals surface area contributed by atoms with Crippen molar-refractivity contribution in [3.63, 3.8) is 0 Å². The fourth-order valence-corrected chi connectivity index (χ4v) is 1.44. The van der Waals surface area contributed by atoms with Crippen molar-refractivity contribution in [2.75, 3.05) is 25.6 Å². The van der Waals surface area contributed by atoms with Crippen LogP contribution in [-0.2, 0) is 0 Å². The Hall–Kier alpha value is -1.66. The highest BCUT2D eigenvalue weighted by molar-refractivity contribution is 6.00. The summed E-state index contributed by atoms with van der Waals surface area (Å²) in [4.78, 5) is 11.4. The van der Waals surface area contributed by atoms with Crippen LogP contribution in [0, 0.1) is 5.82 Å². The predicted octanol–water partition coefficient (Wildman–Crippen LogP) is 0.802. The number of anilines is 1. The van der Waals surface area contributed by atoms with Crippen molar-refractivity contribution in [2.45, 2.75) is 13.0 Å². The molecule has 0 amide bonds. The van der Waals surface area contributed by atoms with Crippen LogP contribution in [-0.4, -0.2) is 42.4 Å². The number of methoxy groups -OCH3 is 1. The first-order valence-corrected chi connectivity index (χ1v) is 5.40. The number of nitrogens with one attached hydrogen (secondary N) is 1. The quantitative estimate of drug-likeness (QED) is 0.657. The summed E-state index contributed by atoms with van der Waals surface area (Å²) in [6.45, 7) is 0.948. The number of benzene rings is 1. The van der Waals surface area contributed by atoms with Crippen LogP contribution in [0.3, 0.4) is 0 Å². The van der Waals surface area contributed by atoms with E-state index in [4.69, 9.17) is 9.84 Å². The van der Waals surface area contributed by atoms with E-state index >= 15 is 0 Å². The number of hydrogen-bond donors (Lipinski definition) is 3. The molecule has 0 heterocycles. The molecule has 0 aliphatic carbocycles. The van der Waals surface area contributed by atoms with Gasteiger partial charge in [-0.15, -0.1) is 0 Å². The van der Waals surface area contributed by atoms with Gasteiger partial charge in [-0.25, -0.2) is 4.39 Å². The van der Waals surface area contributed by atoms with Gasteiger partial charge >= 0.3 is 0 Å². The third kappa shape index (κ3) is 3.41. The van der Waals surface area contributed by atoms with Gasteiger partial charge in [0.05, 0.1) is 19.8 Å². The summed E-state index contributed by atoms with van der Waals surface area (Å²) in [5.74, 6) is -0.883. The minimum absolute atomic E-state index is 0.0164. The molecule has 1 atom stereocenters. The maximum Gasteiger partial charge on any atom is 0.167 e. The summed E-state index contributed by atoms with van der Waals surface area (Å²) in [7, 11) is 1.31. The first kappa shape index (κ1) is 14.4. The molecule has 0 bridgehead atoms. The van der Waals surface area contributed by atoms with E-state index in [1.54, 1.807) is 0 Å². The molecule has 0 saturated carbocycles. The molecule has 3 N–H and O–H groups in total. The SMILES string of the molecule is COc1cc(C(C)=O)c(NCC(O)CO)cc1F. The van der Waals surface area contributed by atoms with Crippen LogP contribution in [0.4, 0.5) is 10.1 Å². The summed E-state index contributed by atoms with van der Waals surface area (Å²) in [5, 5.41) is 20.6. The van der Waals surface area contributed by atoms with Crippen molar-refractivity contribution in [3.8, 4) is 5.75 Å². The van der Waals surface area contributed by atoms with Crippen molar-refractivity contribution < 1.29 is 24.1 Å². The monoisotopic (exact) mass is 257 g/mol. The van der Waals surface area contributed by atoms with Crippen LogP contribution in [0.1, 0.15) is 17.3 Å². The Bertz CT molecular complexity index is 436. The summed E-state index contributed by atoms with van der Waals surface area (Å²) in [6.07, 6.45) is -0.977. The molecule has 0 aliphatic rings. The Balaban J connectivity index is 3.01. The highest BCUT2D eigenvalue weighted by atomic mass is 19.1. The minimum Gasteiger partial charge on any atom is -0.494 e. The lowest BCUT2D eigenvalue weighted by molar-refractivity contribution is 0.101. The molecule has 1 aromatic rings. The van der Waals surface area contributed by atoms with Crippen molar-refractivity contribution in [1.82, 2.24) is 0 Å². The number of ketones is 1. The molecular weight excluding hydrogens is 241 g/mol. The number of aliphatic hydroxyl groups excluding tert-OH is 2. The molecule has 18 heavy (non-hydrogen) atoms. The van der Waals surface area contributed by atoms with Crippen LogP contribution >= 0.6 is 0 Å². The Labute approximate surface area is 104 Å². The normalized spacial score (nSPS) is 12.1. The summed E-state index contributed by atoms with van der Waals surface area (Å²) in [6, 6.07) is 2.42. The predicted molar refractivity (Wildman–Crippen MR) is 64.5 cm³/mol. The maximum atomic E-state index is 13.5. The Morgan fingerprint density at radius 3 is 2.72 bits per heavy atom. The zero-order chi connectivity index (χ0) is 13.7. The Morgan fingerprint density at radius 1 is 1.56 bits per heavy atom. The molecule has 0 spiro atoms. The van der Waals surface area contributed by atoms with Crippen LogP contribution < -0.4 is 10.1 Å². The largest absolute Gasteiger partial charge is 0.494 e. The van der Waals surface area contributed by atoms with Gasteiger partial charge in [-0.3, -0.25) is 4.79 Å². The van der Waals surface area contributed by atoms with Crippen LogP contribution in [0.5, 0.6) is 5.75 Å². The molecule has 5 nitrogen and oxygen atoms in total. The fourth-order valence-electron chi connectivity index (χ4n) is 1.44. The standard InChI is InChI=1S/C12H16FNO4/c1-7(16)9-3-12(18-2)10(13)4-11(9)14-5-8(17)6-15/h3-4,8,14-15,17H,5-6H2,1-2H3. The molecule has 1 rings (SSSR count). The zero-order valence-electron chi connectivity index (χ0n) is 10.2. The summed E-state index contributed by atoms with van der Waals surface area (Å²) >= 11 is 0. The van der Waals surface area contributed by atoms with E-state index in [1.165, 1.54) is 20.1 Å². The first-order chi connectivity index (χ1) is 8.49. The Kier molecular flexibility index (Phi) is 5.06. The van der Waals surface area contributed by atoms with E-state index in [0.29, 0.717) is 0 Å². The Morgan fingerprint density at radius 2 is 2.22 bits per heavy atom. The third-order valence-electron chi connectivity index (χ3n) is 2.41. The lowest BCUT2D eigenvalue weighted by atomic mass is 10.1. The van der Waals surface area contributed by atoms with E-state index in [9.17, 15) is 14.3 Å². The topological polar surface area (TPSA) is 78.8 Å². The molecular formula is C12H16FNO4. The molecule has 0 fully saturated rings. The molecule has 6 heteroatoms. The second-order valence-corrected chi connectivity index (χ2v) is 3.81. The van der Waals surface area contributed by atoms with Gasteiger partial charge in [0.15, 0.2) is 17.3 Å². The van der Waals surface area contributed by atoms with Gasteiger partial charge in [0.2, 0.25) is 0 Å². The second kappa shape index (κ2) is 6.32. The van der Waals surface area contributed by atoms with Crippen molar-refractivity contribution >= 4 is 11.5 Å². The van der Waals surface area contributed by atoms with Crippen molar-refractivity contribution in [2.24, 2.45) is 0 Å². The van der Waals surface area contributed by atoms with Crippen molar-refractivity contribution in [3.05, 3.63) is 23.5 Å². The summed E-state index contributed by atoms with van der Waals surface area (Å²) < 4.78 is 18.3. The van der Waals surface area contributed by atoms with Gasteiger partial charge in [-0.05, 0) is 13.0 Å². The number of rotatable bonds is 6. The highest BCUT2D eigenvalue weighted by Crippen LogP contribution is 2.26. The molecule has 1 unspecified atom stereocenters. The number of hydrogen-bond acceptors (Lipinski definition) is 5. The van der Waals surface area contributed by atoms with E-state index in [1.807, 2.05) is 0 Å². The van der Waals surface area contributed by atoms with Crippen molar-refractivity contribution in [1.29, 1.82) is 0 Å². The number of aliphatic hydroxyl groups is 2. The first-order valence-electron chi connectivity index (χ1n) is 5.40. The molecule has 100 valence electrons. The average molecular weight is 257 g/mol. The summed E-state index contributed by atoms with van der Waals surface area (Å²) in [5.41, 5.74) is 0.520. The number of Topliss-reactive ketones (excluding diaryl/α,β-unsaturated/α-hetero) is 1. The average Bonchev–Trinajstić information content (AvgIpc) is 2.35. The van der Waals surface area contributed by atoms with E-state index < -0.39 is 18.5 Å². The van der Waals surface area contributed by atoms with Crippen LogP contribution in [0.2, 0.25) is 0 Å². The molecule has 0 radical (unpaired) electrons. The van der Waals surface area contributed by atoms with Gasteiger partial charge in [0.25, 0.3) is 0 Å². The molecule has 0 aromatic heterocycles. The third-order valence-corrected chi connectivity index (χ3v) is 2.41. The molecule has 1 aromatic carbocycles. The zero-order valence-corrected chi connectivity index (χ0v) is 10.2. The van der Waals surface area contributed by atoms with E-state index in [2.05, 4.69) is 5.32 Å². The van der Waals surface area contributed by atoms with E-state index in [0.717, 1.165) is 6.07 Å². The minimum atomic E-state index is -0.977.